The molecule has 0 aromatic heterocycles. The summed E-state index contributed by atoms with van der Waals surface area (Å²) in [6, 6.07) is 5.01. The van der Waals surface area contributed by atoms with Gasteiger partial charge in [-0.25, -0.2) is 0 Å². The number of nitro groups is 1. The fraction of sp³-hybridized carbons (Fsp3) is 0.600. The van der Waals surface area contributed by atoms with Crippen LogP contribution in [0.3, 0.4) is 0 Å². The van der Waals surface area contributed by atoms with Gasteiger partial charge in [-0.05, 0) is 24.0 Å². The minimum absolute atomic E-state index is 0. The van der Waals surface area contributed by atoms with Crippen molar-refractivity contribution in [3.05, 3.63) is 38.9 Å². The minimum atomic E-state index is -0.341. The zero-order valence-corrected chi connectivity index (χ0v) is 15.1. The molecular formula is C15H22Cl3N3O2. The summed E-state index contributed by atoms with van der Waals surface area (Å²) in [4.78, 5) is 13.1. The molecule has 2 fully saturated rings. The van der Waals surface area contributed by atoms with Crippen LogP contribution in [0.1, 0.15) is 30.9 Å². The third-order valence-corrected chi connectivity index (χ3v) is 4.74. The predicted molar refractivity (Wildman–Crippen MR) is 97.1 cm³/mol. The van der Waals surface area contributed by atoms with Gasteiger partial charge in [-0.15, -0.1) is 24.8 Å². The van der Waals surface area contributed by atoms with Crippen molar-refractivity contribution >= 4 is 42.1 Å². The van der Waals surface area contributed by atoms with Crippen molar-refractivity contribution in [3.63, 3.8) is 0 Å². The SMILES string of the molecule is Cl.Cl.O=[N+]([O-])c1ccc(Cl)c([C@H](CC2CC2)N2CCNCC2)c1. The maximum Gasteiger partial charge on any atom is 0.269 e. The molecule has 0 amide bonds. The van der Waals surface area contributed by atoms with Crippen LogP contribution in [0.25, 0.3) is 0 Å². The highest BCUT2D eigenvalue weighted by Crippen LogP contribution is 2.42. The lowest BCUT2D eigenvalue weighted by Gasteiger charge is -2.35. The Kier molecular flexibility index (Phi) is 8.04. The van der Waals surface area contributed by atoms with Crippen LogP contribution in [0.4, 0.5) is 5.69 Å². The molecule has 2 aliphatic rings. The van der Waals surface area contributed by atoms with Crippen molar-refractivity contribution in [3.8, 4) is 0 Å². The second-order valence-electron chi connectivity index (χ2n) is 5.94. The molecule has 1 saturated carbocycles. The van der Waals surface area contributed by atoms with Gasteiger partial charge in [-0.2, -0.15) is 0 Å². The summed E-state index contributed by atoms with van der Waals surface area (Å²) >= 11 is 6.35. The third-order valence-electron chi connectivity index (χ3n) is 4.40. The van der Waals surface area contributed by atoms with Gasteiger partial charge in [0.15, 0.2) is 0 Å². The smallest absolute Gasteiger partial charge is 0.269 e. The van der Waals surface area contributed by atoms with Gasteiger partial charge in [0.1, 0.15) is 0 Å². The number of halogens is 3. The van der Waals surface area contributed by atoms with Crippen LogP contribution in [0.15, 0.2) is 18.2 Å². The molecule has 1 saturated heterocycles. The monoisotopic (exact) mass is 381 g/mol. The van der Waals surface area contributed by atoms with Crippen LogP contribution in [-0.2, 0) is 0 Å². The molecule has 130 valence electrons. The number of hydrogen-bond acceptors (Lipinski definition) is 4. The Hall–Kier alpha value is -0.590. The highest BCUT2D eigenvalue weighted by molar-refractivity contribution is 6.31. The Morgan fingerprint density at radius 1 is 1.30 bits per heavy atom. The molecule has 0 spiro atoms. The molecule has 0 bridgehead atoms. The Bertz CT molecular complexity index is 535. The molecule has 1 aromatic carbocycles. The average Bonchev–Trinajstić information content (AvgIpc) is 3.30. The molecule has 23 heavy (non-hydrogen) atoms. The Balaban J connectivity index is 0.00000132. The first-order valence-corrected chi connectivity index (χ1v) is 7.91. The van der Waals surface area contributed by atoms with E-state index in [0.29, 0.717) is 5.02 Å². The quantitative estimate of drug-likeness (QED) is 0.621. The van der Waals surface area contributed by atoms with Gasteiger partial charge in [-0.1, -0.05) is 24.4 Å². The molecular weight excluding hydrogens is 361 g/mol. The van der Waals surface area contributed by atoms with E-state index in [9.17, 15) is 10.1 Å². The van der Waals surface area contributed by atoms with E-state index in [1.807, 2.05) is 0 Å². The van der Waals surface area contributed by atoms with E-state index in [4.69, 9.17) is 11.6 Å². The van der Waals surface area contributed by atoms with Gasteiger partial charge >= 0.3 is 0 Å². The third kappa shape index (κ3) is 5.19. The van der Waals surface area contributed by atoms with Gasteiger partial charge in [0.05, 0.1) is 4.92 Å². The van der Waals surface area contributed by atoms with Gasteiger partial charge in [0, 0.05) is 49.4 Å². The summed E-state index contributed by atoms with van der Waals surface area (Å²) < 4.78 is 0. The molecule has 1 N–H and O–H groups in total. The minimum Gasteiger partial charge on any atom is -0.314 e. The van der Waals surface area contributed by atoms with Crippen molar-refractivity contribution in [2.75, 3.05) is 26.2 Å². The first-order chi connectivity index (χ1) is 10.1. The standard InChI is InChI=1S/C15H20ClN3O2.2ClH/c16-14-4-3-12(19(20)21)10-13(14)15(9-11-1-2-11)18-7-5-17-6-8-18;;/h3-4,10-11,15,17H,1-2,5-9H2;2*1H/t15-;;/m0../s1. The fourth-order valence-electron chi connectivity index (χ4n) is 3.04. The van der Waals surface area contributed by atoms with E-state index in [-0.39, 0.29) is 41.5 Å². The average molecular weight is 383 g/mol. The number of hydrogen-bond donors (Lipinski definition) is 1. The molecule has 0 radical (unpaired) electrons. The van der Waals surface area contributed by atoms with Crippen molar-refractivity contribution in [1.82, 2.24) is 10.2 Å². The van der Waals surface area contributed by atoms with Gasteiger partial charge in [0.2, 0.25) is 0 Å². The molecule has 8 heteroatoms. The van der Waals surface area contributed by atoms with Gasteiger partial charge in [0.25, 0.3) is 5.69 Å². The van der Waals surface area contributed by atoms with Crippen molar-refractivity contribution in [1.29, 1.82) is 0 Å². The molecule has 1 aromatic rings. The summed E-state index contributed by atoms with van der Waals surface area (Å²) in [5.41, 5.74) is 1.05. The highest BCUT2D eigenvalue weighted by atomic mass is 35.5. The van der Waals surface area contributed by atoms with Gasteiger partial charge in [-0.3, -0.25) is 15.0 Å². The molecule has 1 aliphatic carbocycles. The molecule has 1 atom stereocenters. The molecule has 5 nitrogen and oxygen atoms in total. The van der Waals surface area contributed by atoms with Gasteiger partial charge < -0.3 is 5.32 Å². The Labute approximate surface area is 153 Å². The number of nitrogens with zero attached hydrogens (tertiary/aromatic N) is 2. The van der Waals surface area contributed by atoms with E-state index in [0.717, 1.165) is 44.1 Å². The maximum atomic E-state index is 11.0. The number of piperazine rings is 1. The molecule has 1 aliphatic heterocycles. The van der Waals surface area contributed by atoms with Crippen LogP contribution in [0.2, 0.25) is 5.02 Å². The van der Waals surface area contributed by atoms with Crippen LogP contribution in [0.5, 0.6) is 0 Å². The fourth-order valence-corrected chi connectivity index (χ4v) is 3.28. The number of nitro benzene ring substituents is 1. The number of rotatable bonds is 5. The van der Waals surface area contributed by atoms with Crippen LogP contribution < -0.4 is 5.32 Å². The van der Waals surface area contributed by atoms with E-state index in [1.165, 1.54) is 18.9 Å². The van der Waals surface area contributed by atoms with E-state index >= 15 is 0 Å². The Morgan fingerprint density at radius 3 is 2.52 bits per heavy atom. The maximum absolute atomic E-state index is 11.0. The summed E-state index contributed by atoms with van der Waals surface area (Å²) in [5, 5.41) is 15.0. The molecule has 3 rings (SSSR count). The molecule has 0 unspecified atom stereocenters. The van der Waals surface area contributed by atoms with Crippen molar-refractivity contribution in [2.24, 2.45) is 5.92 Å². The topological polar surface area (TPSA) is 58.4 Å². The summed E-state index contributed by atoms with van der Waals surface area (Å²) in [6.07, 6.45) is 3.60. The second-order valence-corrected chi connectivity index (χ2v) is 6.35. The van der Waals surface area contributed by atoms with Crippen LogP contribution in [-0.4, -0.2) is 36.0 Å². The lowest BCUT2D eigenvalue weighted by Crippen LogP contribution is -2.45. The van der Waals surface area contributed by atoms with Crippen LogP contribution >= 0.6 is 36.4 Å². The number of benzene rings is 1. The van der Waals surface area contributed by atoms with E-state index in [1.54, 1.807) is 12.1 Å². The van der Waals surface area contributed by atoms with Crippen molar-refractivity contribution < 1.29 is 4.92 Å². The number of non-ortho nitro benzene ring substituents is 1. The zero-order chi connectivity index (χ0) is 14.8. The second kappa shape index (κ2) is 9.04. The summed E-state index contributed by atoms with van der Waals surface area (Å²) in [7, 11) is 0. The summed E-state index contributed by atoms with van der Waals surface area (Å²) in [5.74, 6) is 0.750. The Morgan fingerprint density at radius 2 is 1.96 bits per heavy atom. The normalized spacial score (nSPS) is 19.3. The highest BCUT2D eigenvalue weighted by Gasteiger charge is 2.32. The summed E-state index contributed by atoms with van der Waals surface area (Å²) in [6.45, 7) is 3.87. The van der Waals surface area contributed by atoms with Crippen molar-refractivity contribution in [2.45, 2.75) is 25.3 Å². The van der Waals surface area contributed by atoms with E-state index in [2.05, 4.69) is 10.2 Å². The zero-order valence-electron chi connectivity index (χ0n) is 12.7. The largest absolute Gasteiger partial charge is 0.314 e. The lowest BCUT2D eigenvalue weighted by molar-refractivity contribution is -0.385. The first-order valence-electron chi connectivity index (χ1n) is 7.54. The van der Waals surface area contributed by atoms with E-state index < -0.39 is 0 Å². The predicted octanol–water partition coefficient (Wildman–Crippen LogP) is 3.84. The number of nitrogens with one attached hydrogen (secondary N) is 1. The molecule has 1 heterocycles. The van der Waals surface area contributed by atoms with Crippen LogP contribution in [0, 0.1) is 16.0 Å². The first kappa shape index (κ1) is 20.5. The lowest BCUT2D eigenvalue weighted by atomic mass is 9.98.